The van der Waals surface area contributed by atoms with E-state index in [2.05, 4.69) is 15.3 Å². The summed E-state index contributed by atoms with van der Waals surface area (Å²) in [5.74, 6) is -0.331. The molecule has 6 nitrogen and oxygen atoms in total. The lowest BCUT2D eigenvalue weighted by atomic mass is 10.2. The van der Waals surface area contributed by atoms with Gasteiger partial charge in [0.25, 0.3) is 5.91 Å². The summed E-state index contributed by atoms with van der Waals surface area (Å²) < 4.78 is 1.43. The summed E-state index contributed by atoms with van der Waals surface area (Å²) in [7, 11) is 0. The van der Waals surface area contributed by atoms with Crippen molar-refractivity contribution in [1.29, 1.82) is 0 Å². The minimum Gasteiger partial charge on any atom is -0.361 e. The molecular formula is C19H16N4O2. The van der Waals surface area contributed by atoms with Gasteiger partial charge in [0, 0.05) is 23.3 Å². The quantitative estimate of drug-likeness (QED) is 0.537. The predicted molar refractivity (Wildman–Crippen MR) is 96.8 cm³/mol. The number of anilines is 1. The topological polar surface area (TPSA) is 82.7 Å². The lowest BCUT2D eigenvalue weighted by molar-refractivity contribution is 0.101. The van der Waals surface area contributed by atoms with Crippen molar-refractivity contribution in [2.75, 3.05) is 5.32 Å². The summed E-state index contributed by atoms with van der Waals surface area (Å²) in [6, 6.07) is 17.1. The second-order valence-electron chi connectivity index (χ2n) is 5.75. The van der Waals surface area contributed by atoms with Crippen LogP contribution in [0.5, 0.6) is 0 Å². The van der Waals surface area contributed by atoms with Crippen LogP contribution >= 0.6 is 0 Å². The van der Waals surface area contributed by atoms with Crippen molar-refractivity contribution >= 4 is 22.5 Å². The van der Waals surface area contributed by atoms with Crippen LogP contribution in [0.25, 0.3) is 10.9 Å². The molecule has 4 aromatic rings. The van der Waals surface area contributed by atoms with Crippen LogP contribution in [0.15, 0.2) is 71.8 Å². The van der Waals surface area contributed by atoms with Gasteiger partial charge in [0.1, 0.15) is 5.69 Å². The molecule has 0 radical (unpaired) electrons. The molecule has 0 fully saturated rings. The number of amides is 1. The second kappa shape index (κ2) is 6.16. The van der Waals surface area contributed by atoms with Gasteiger partial charge >= 0.3 is 5.69 Å². The Kier molecular flexibility index (Phi) is 3.70. The van der Waals surface area contributed by atoms with E-state index in [0.717, 1.165) is 16.5 Å². The highest BCUT2D eigenvalue weighted by Gasteiger charge is 2.16. The van der Waals surface area contributed by atoms with Gasteiger partial charge in [-0.05, 0) is 23.8 Å². The average molecular weight is 332 g/mol. The van der Waals surface area contributed by atoms with Crippen molar-refractivity contribution < 1.29 is 4.79 Å². The first kappa shape index (κ1) is 15.0. The summed E-state index contributed by atoms with van der Waals surface area (Å²) in [5, 5.41) is 3.81. The maximum Gasteiger partial charge on any atom is 0.326 e. The summed E-state index contributed by atoms with van der Waals surface area (Å²) in [6.07, 6.45) is 3.26. The maximum absolute atomic E-state index is 12.7. The summed E-state index contributed by atoms with van der Waals surface area (Å²) >= 11 is 0. The zero-order valence-electron chi connectivity index (χ0n) is 13.3. The van der Waals surface area contributed by atoms with E-state index >= 15 is 0 Å². The molecule has 0 saturated heterocycles. The predicted octanol–water partition coefficient (Wildman–Crippen LogP) is 2.96. The largest absolute Gasteiger partial charge is 0.361 e. The molecule has 1 amide bonds. The highest BCUT2D eigenvalue weighted by molar-refractivity contribution is 6.07. The first-order valence-electron chi connectivity index (χ1n) is 7.92. The molecular weight excluding hydrogens is 316 g/mol. The van der Waals surface area contributed by atoms with Crippen molar-refractivity contribution in [2.24, 2.45) is 0 Å². The Hall–Kier alpha value is -3.54. The fourth-order valence-corrected chi connectivity index (χ4v) is 2.89. The lowest BCUT2D eigenvalue weighted by Gasteiger charge is -2.09. The standard InChI is InChI=1S/C19H16N4O2/c24-18(22-16-8-4-7-15-14(16)9-10-20-15)17-11-21-19(25)23(17)12-13-5-2-1-3-6-13/h1-11,20H,12H2,(H,21,25)(H,22,24). The van der Waals surface area contributed by atoms with E-state index in [-0.39, 0.29) is 11.6 Å². The Morgan fingerprint density at radius 3 is 2.68 bits per heavy atom. The van der Waals surface area contributed by atoms with Crippen molar-refractivity contribution in [1.82, 2.24) is 14.5 Å². The molecule has 0 spiro atoms. The maximum atomic E-state index is 12.7. The number of H-pyrrole nitrogens is 2. The van der Waals surface area contributed by atoms with Crippen LogP contribution < -0.4 is 11.0 Å². The number of carbonyl (C=O) groups is 1. The Morgan fingerprint density at radius 1 is 1.00 bits per heavy atom. The summed E-state index contributed by atoms with van der Waals surface area (Å²) in [4.78, 5) is 30.5. The van der Waals surface area contributed by atoms with Gasteiger partial charge in [0.15, 0.2) is 0 Å². The molecule has 0 atom stereocenters. The third-order valence-electron chi connectivity index (χ3n) is 4.13. The van der Waals surface area contributed by atoms with Crippen LogP contribution in [0.3, 0.4) is 0 Å². The molecule has 0 saturated carbocycles. The van der Waals surface area contributed by atoms with Gasteiger partial charge in [0.05, 0.1) is 12.2 Å². The average Bonchev–Trinajstić information content (AvgIpc) is 3.24. The first-order chi connectivity index (χ1) is 12.2. The molecule has 2 heterocycles. The molecule has 2 aromatic carbocycles. The van der Waals surface area contributed by atoms with Gasteiger partial charge in [-0.2, -0.15) is 0 Å². The van der Waals surface area contributed by atoms with Crippen molar-refractivity contribution in [3.8, 4) is 0 Å². The van der Waals surface area contributed by atoms with E-state index in [1.54, 1.807) is 0 Å². The molecule has 4 rings (SSSR count). The highest BCUT2D eigenvalue weighted by atomic mass is 16.2. The van der Waals surface area contributed by atoms with E-state index in [4.69, 9.17) is 0 Å². The molecule has 0 bridgehead atoms. The summed E-state index contributed by atoms with van der Waals surface area (Å²) in [6.45, 7) is 0.334. The fraction of sp³-hybridized carbons (Fsp3) is 0.0526. The molecule has 6 heteroatoms. The highest BCUT2D eigenvalue weighted by Crippen LogP contribution is 2.22. The van der Waals surface area contributed by atoms with Crippen LogP contribution in [0.4, 0.5) is 5.69 Å². The number of hydrogen-bond acceptors (Lipinski definition) is 2. The minimum absolute atomic E-state index is 0.293. The zero-order valence-corrected chi connectivity index (χ0v) is 13.3. The number of hydrogen-bond donors (Lipinski definition) is 3. The van der Waals surface area contributed by atoms with Crippen molar-refractivity contribution in [3.05, 3.63) is 88.7 Å². The number of nitrogens with zero attached hydrogens (tertiary/aromatic N) is 1. The Bertz CT molecular complexity index is 1090. The Morgan fingerprint density at radius 2 is 1.84 bits per heavy atom. The number of nitrogens with one attached hydrogen (secondary N) is 3. The zero-order chi connectivity index (χ0) is 17.2. The third kappa shape index (κ3) is 2.85. The van der Waals surface area contributed by atoms with Gasteiger partial charge in [-0.3, -0.25) is 9.36 Å². The second-order valence-corrected chi connectivity index (χ2v) is 5.75. The van der Waals surface area contributed by atoms with E-state index in [1.165, 1.54) is 10.8 Å². The number of aromatic amines is 2. The van der Waals surface area contributed by atoms with E-state index in [9.17, 15) is 9.59 Å². The number of rotatable bonds is 4. The van der Waals surface area contributed by atoms with Crippen LogP contribution in [-0.4, -0.2) is 20.4 Å². The van der Waals surface area contributed by atoms with Crippen LogP contribution in [0, 0.1) is 0 Å². The van der Waals surface area contributed by atoms with Gasteiger partial charge < -0.3 is 15.3 Å². The lowest BCUT2D eigenvalue weighted by Crippen LogP contribution is -2.24. The third-order valence-corrected chi connectivity index (χ3v) is 4.13. The van der Waals surface area contributed by atoms with Crippen LogP contribution in [-0.2, 0) is 6.54 Å². The molecule has 0 aliphatic carbocycles. The molecule has 0 aliphatic heterocycles. The Balaban J connectivity index is 1.65. The number of imidazole rings is 1. The smallest absolute Gasteiger partial charge is 0.326 e. The monoisotopic (exact) mass is 332 g/mol. The van der Waals surface area contributed by atoms with E-state index < -0.39 is 0 Å². The normalized spacial score (nSPS) is 10.9. The molecule has 0 aliphatic rings. The van der Waals surface area contributed by atoms with Gasteiger partial charge in [-0.1, -0.05) is 36.4 Å². The van der Waals surface area contributed by atoms with Gasteiger partial charge in [-0.15, -0.1) is 0 Å². The number of benzene rings is 2. The van der Waals surface area contributed by atoms with E-state index in [0.29, 0.717) is 17.9 Å². The van der Waals surface area contributed by atoms with Crippen LogP contribution in [0.2, 0.25) is 0 Å². The van der Waals surface area contributed by atoms with Gasteiger partial charge in [-0.25, -0.2) is 4.79 Å². The molecule has 25 heavy (non-hydrogen) atoms. The fourth-order valence-electron chi connectivity index (χ4n) is 2.89. The SMILES string of the molecule is O=C(Nc1cccc2[nH]ccc12)c1c[nH]c(=O)n1Cc1ccccc1. The number of fused-ring (bicyclic) bond motifs is 1. The number of carbonyl (C=O) groups excluding carboxylic acids is 1. The minimum atomic E-state index is -0.331. The number of aromatic nitrogens is 3. The van der Waals surface area contributed by atoms with Crippen LogP contribution in [0.1, 0.15) is 16.1 Å². The summed E-state index contributed by atoms with van der Waals surface area (Å²) in [5.41, 5.74) is 2.57. The molecule has 124 valence electrons. The van der Waals surface area contributed by atoms with Crippen molar-refractivity contribution in [3.63, 3.8) is 0 Å². The van der Waals surface area contributed by atoms with Crippen molar-refractivity contribution in [2.45, 2.75) is 6.54 Å². The Labute approximate surface area is 143 Å². The van der Waals surface area contributed by atoms with E-state index in [1.807, 2.05) is 60.8 Å². The first-order valence-corrected chi connectivity index (χ1v) is 7.92. The molecule has 0 unspecified atom stereocenters. The molecule has 3 N–H and O–H groups in total. The molecule has 2 aromatic heterocycles. The van der Waals surface area contributed by atoms with Gasteiger partial charge in [0.2, 0.25) is 0 Å².